The molecule has 0 radical (unpaired) electrons. The molecule has 3 unspecified atom stereocenters. The van der Waals surface area contributed by atoms with E-state index in [4.69, 9.17) is 0 Å². The molecule has 108 valence electrons. The number of hydrogen-bond donors (Lipinski definition) is 1. The molecule has 3 heteroatoms. The van der Waals surface area contributed by atoms with Crippen LogP contribution >= 0.6 is 0 Å². The summed E-state index contributed by atoms with van der Waals surface area (Å²) in [7, 11) is 0. The minimum Gasteiger partial charge on any atom is -0.394 e. The summed E-state index contributed by atoms with van der Waals surface area (Å²) in [5.74, 6) is 2.32. The fourth-order valence-electron chi connectivity index (χ4n) is 4.65. The molecular weight excluding hydrogens is 238 g/mol. The maximum atomic E-state index is 12.7. The molecule has 1 saturated heterocycles. The first kappa shape index (κ1) is 13.4. The molecule has 0 bridgehead atoms. The molecule has 3 fully saturated rings. The average molecular weight is 265 g/mol. The number of carbonyl (C=O) groups is 1. The lowest BCUT2D eigenvalue weighted by Crippen LogP contribution is -2.43. The molecule has 4 atom stereocenters. The monoisotopic (exact) mass is 265 g/mol. The summed E-state index contributed by atoms with van der Waals surface area (Å²) >= 11 is 0. The molecule has 1 N–H and O–H groups in total. The van der Waals surface area contributed by atoms with Crippen molar-refractivity contribution in [1.29, 1.82) is 0 Å². The standard InChI is InChI=1S/C16H27NO2/c18-11-15-6-3-9-17(15)16(19)14-8-7-12-4-1-2-5-13(12)10-14/h12-15,18H,1-11H2/t12?,13?,14?,15-/m0/s1. The van der Waals surface area contributed by atoms with Crippen LogP contribution in [0.15, 0.2) is 0 Å². The minimum absolute atomic E-state index is 0.108. The number of rotatable bonds is 2. The number of amides is 1. The van der Waals surface area contributed by atoms with E-state index in [0.29, 0.717) is 5.91 Å². The van der Waals surface area contributed by atoms with Crippen molar-refractivity contribution >= 4 is 5.91 Å². The highest BCUT2D eigenvalue weighted by Gasteiger charge is 2.38. The van der Waals surface area contributed by atoms with E-state index < -0.39 is 0 Å². The third-order valence-corrected chi connectivity index (χ3v) is 5.76. The second-order valence-corrected chi connectivity index (χ2v) is 6.82. The smallest absolute Gasteiger partial charge is 0.226 e. The zero-order valence-electron chi connectivity index (χ0n) is 11.9. The van der Waals surface area contributed by atoms with Crippen molar-refractivity contribution in [3.05, 3.63) is 0 Å². The molecule has 3 nitrogen and oxygen atoms in total. The van der Waals surface area contributed by atoms with Gasteiger partial charge in [0.15, 0.2) is 0 Å². The summed E-state index contributed by atoms with van der Waals surface area (Å²) in [6.45, 7) is 1.01. The maximum Gasteiger partial charge on any atom is 0.226 e. The van der Waals surface area contributed by atoms with Gasteiger partial charge in [0.2, 0.25) is 5.91 Å². The minimum atomic E-state index is 0.108. The molecule has 2 saturated carbocycles. The first-order valence-corrected chi connectivity index (χ1v) is 8.21. The van der Waals surface area contributed by atoms with Gasteiger partial charge in [0.25, 0.3) is 0 Å². The Bertz CT molecular complexity index is 331. The van der Waals surface area contributed by atoms with Gasteiger partial charge in [-0.2, -0.15) is 0 Å². The van der Waals surface area contributed by atoms with Crippen LogP contribution in [-0.2, 0) is 4.79 Å². The predicted molar refractivity (Wildman–Crippen MR) is 74.6 cm³/mol. The Morgan fingerprint density at radius 3 is 2.58 bits per heavy atom. The van der Waals surface area contributed by atoms with Gasteiger partial charge in [-0.1, -0.05) is 25.7 Å². The van der Waals surface area contributed by atoms with Crippen LogP contribution in [0.4, 0.5) is 0 Å². The Kier molecular flexibility index (Phi) is 4.11. The van der Waals surface area contributed by atoms with Crippen molar-refractivity contribution in [2.24, 2.45) is 17.8 Å². The molecule has 2 aliphatic carbocycles. The number of aliphatic hydroxyl groups is 1. The Balaban J connectivity index is 1.61. The third-order valence-electron chi connectivity index (χ3n) is 5.76. The summed E-state index contributed by atoms with van der Waals surface area (Å²) in [5.41, 5.74) is 0. The molecule has 1 amide bonds. The number of likely N-dealkylation sites (tertiary alicyclic amines) is 1. The lowest BCUT2D eigenvalue weighted by Gasteiger charge is -2.40. The molecule has 19 heavy (non-hydrogen) atoms. The number of carbonyl (C=O) groups excluding carboxylic acids is 1. The number of nitrogens with zero attached hydrogens (tertiary/aromatic N) is 1. The zero-order chi connectivity index (χ0) is 13.2. The van der Waals surface area contributed by atoms with Crippen molar-refractivity contribution in [1.82, 2.24) is 4.90 Å². The third kappa shape index (κ3) is 2.67. The highest BCUT2D eigenvalue weighted by molar-refractivity contribution is 5.79. The van der Waals surface area contributed by atoms with Gasteiger partial charge >= 0.3 is 0 Å². The van der Waals surface area contributed by atoms with E-state index in [-0.39, 0.29) is 18.6 Å². The van der Waals surface area contributed by atoms with E-state index in [9.17, 15) is 9.90 Å². The van der Waals surface area contributed by atoms with E-state index in [1.165, 1.54) is 32.1 Å². The van der Waals surface area contributed by atoms with Gasteiger partial charge in [-0.15, -0.1) is 0 Å². The number of hydrogen-bond acceptors (Lipinski definition) is 2. The van der Waals surface area contributed by atoms with E-state index in [1.54, 1.807) is 0 Å². The fraction of sp³-hybridized carbons (Fsp3) is 0.938. The fourth-order valence-corrected chi connectivity index (χ4v) is 4.65. The predicted octanol–water partition coefficient (Wildman–Crippen LogP) is 2.58. The number of fused-ring (bicyclic) bond motifs is 1. The van der Waals surface area contributed by atoms with Crippen molar-refractivity contribution < 1.29 is 9.90 Å². The van der Waals surface area contributed by atoms with Crippen LogP contribution in [0.25, 0.3) is 0 Å². The molecule has 1 aliphatic heterocycles. The second kappa shape index (κ2) is 5.82. The second-order valence-electron chi connectivity index (χ2n) is 6.82. The molecule has 0 spiro atoms. The van der Waals surface area contributed by atoms with Crippen molar-refractivity contribution in [3.8, 4) is 0 Å². The van der Waals surface area contributed by atoms with Gasteiger partial charge < -0.3 is 10.0 Å². The van der Waals surface area contributed by atoms with Crippen LogP contribution in [0.5, 0.6) is 0 Å². The molecule has 3 aliphatic rings. The SMILES string of the molecule is O=C(C1CCC2CCCCC2C1)N1CCC[C@H]1CO. The first-order chi connectivity index (χ1) is 9.29. The van der Waals surface area contributed by atoms with Gasteiger partial charge in [-0.3, -0.25) is 4.79 Å². The number of aliphatic hydroxyl groups excluding tert-OH is 1. The Labute approximate surface area is 116 Å². The van der Waals surface area contributed by atoms with E-state index in [0.717, 1.165) is 44.1 Å². The highest BCUT2D eigenvalue weighted by Crippen LogP contribution is 2.43. The molecular formula is C16H27NO2. The topological polar surface area (TPSA) is 40.5 Å². The first-order valence-electron chi connectivity index (χ1n) is 8.21. The summed E-state index contributed by atoms with van der Waals surface area (Å²) in [5, 5.41) is 9.38. The van der Waals surface area contributed by atoms with Crippen LogP contribution in [-0.4, -0.2) is 35.1 Å². The summed E-state index contributed by atoms with van der Waals surface area (Å²) < 4.78 is 0. The Hall–Kier alpha value is -0.570. The quantitative estimate of drug-likeness (QED) is 0.833. The summed E-state index contributed by atoms with van der Waals surface area (Å²) in [6.07, 6.45) is 11.0. The molecule has 0 aromatic heterocycles. The highest BCUT2D eigenvalue weighted by atomic mass is 16.3. The summed E-state index contributed by atoms with van der Waals surface area (Å²) in [4.78, 5) is 14.6. The normalized spacial score (nSPS) is 39.1. The van der Waals surface area contributed by atoms with Crippen molar-refractivity contribution in [3.63, 3.8) is 0 Å². The van der Waals surface area contributed by atoms with Gasteiger partial charge in [0.1, 0.15) is 0 Å². The van der Waals surface area contributed by atoms with E-state index in [1.807, 2.05) is 4.90 Å². The van der Waals surface area contributed by atoms with Crippen LogP contribution in [0, 0.1) is 17.8 Å². The Morgan fingerprint density at radius 2 is 1.79 bits per heavy atom. The van der Waals surface area contributed by atoms with Crippen molar-refractivity contribution in [2.75, 3.05) is 13.2 Å². The lowest BCUT2D eigenvalue weighted by molar-refractivity contribution is -0.139. The Morgan fingerprint density at radius 1 is 1.00 bits per heavy atom. The van der Waals surface area contributed by atoms with E-state index >= 15 is 0 Å². The van der Waals surface area contributed by atoms with Crippen LogP contribution in [0.2, 0.25) is 0 Å². The van der Waals surface area contributed by atoms with Gasteiger partial charge in [-0.05, 0) is 43.9 Å². The van der Waals surface area contributed by atoms with Gasteiger partial charge in [0, 0.05) is 12.5 Å². The summed E-state index contributed by atoms with van der Waals surface area (Å²) in [6, 6.07) is 0.108. The molecule has 1 heterocycles. The molecule has 3 rings (SSSR count). The van der Waals surface area contributed by atoms with Crippen LogP contribution in [0.1, 0.15) is 57.8 Å². The largest absolute Gasteiger partial charge is 0.394 e. The molecule has 0 aromatic carbocycles. The zero-order valence-corrected chi connectivity index (χ0v) is 11.9. The van der Waals surface area contributed by atoms with Crippen molar-refractivity contribution in [2.45, 2.75) is 63.8 Å². The average Bonchev–Trinajstić information content (AvgIpc) is 2.94. The van der Waals surface area contributed by atoms with Gasteiger partial charge in [0.05, 0.1) is 12.6 Å². The van der Waals surface area contributed by atoms with Crippen LogP contribution < -0.4 is 0 Å². The van der Waals surface area contributed by atoms with Crippen LogP contribution in [0.3, 0.4) is 0 Å². The molecule has 0 aromatic rings. The van der Waals surface area contributed by atoms with Gasteiger partial charge in [-0.25, -0.2) is 0 Å². The van der Waals surface area contributed by atoms with E-state index in [2.05, 4.69) is 0 Å². The lowest BCUT2D eigenvalue weighted by atomic mass is 9.67. The maximum absolute atomic E-state index is 12.7.